The first-order valence-electron chi connectivity index (χ1n) is 6.77. The monoisotopic (exact) mass is 248 g/mol. The Labute approximate surface area is 110 Å². The van der Waals surface area contributed by atoms with Crippen LogP contribution in [0.15, 0.2) is 18.3 Å². The minimum absolute atomic E-state index is 0.376. The summed E-state index contributed by atoms with van der Waals surface area (Å²) in [4.78, 5) is 4.08. The highest BCUT2D eigenvalue weighted by molar-refractivity contribution is 5.28. The van der Waals surface area contributed by atoms with Crippen LogP contribution in [0.1, 0.15) is 45.6 Å². The van der Waals surface area contributed by atoms with Crippen molar-refractivity contribution in [3.8, 4) is 0 Å². The van der Waals surface area contributed by atoms with E-state index in [-0.39, 0.29) is 0 Å². The molecule has 3 nitrogen and oxygen atoms in total. The van der Waals surface area contributed by atoms with E-state index in [1.807, 2.05) is 12.1 Å². The highest BCUT2D eigenvalue weighted by Crippen LogP contribution is 2.39. The van der Waals surface area contributed by atoms with Crippen molar-refractivity contribution in [2.45, 2.75) is 52.7 Å². The fourth-order valence-electron chi connectivity index (χ4n) is 3.12. The molecule has 1 saturated carbocycles. The van der Waals surface area contributed by atoms with Crippen LogP contribution >= 0.6 is 0 Å². The molecule has 2 unspecified atom stereocenters. The third-order valence-electron chi connectivity index (χ3n) is 3.68. The molecule has 18 heavy (non-hydrogen) atoms. The van der Waals surface area contributed by atoms with Gasteiger partial charge in [-0.2, -0.15) is 0 Å². The van der Waals surface area contributed by atoms with Gasteiger partial charge in [0.2, 0.25) is 0 Å². The minimum Gasteiger partial charge on any atom is -0.384 e. The van der Waals surface area contributed by atoms with Gasteiger partial charge < -0.3 is 10.5 Å². The average Bonchev–Trinajstić information content (AvgIpc) is 2.25. The number of pyridine rings is 1. The predicted molar refractivity (Wildman–Crippen MR) is 74.0 cm³/mol. The number of rotatable bonds is 3. The van der Waals surface area contributed by atoms with E-state index in [0.717, 1.165) is 17.9 Å². The van der Waals surface area contributed by atoms with Crippen LogP contribution in [0.4, 0.5) is 5.82 Å². The molecule has 0 aliphatic heterocycles. The van der Waals surface area contributed by atoms with E-state index in [0.29, 0.717) is 23.9 Å². The summed E-state index contributed by atoms with van der Waals surface area (Å²) in [6, 6.07) is 3.81. The molecule has 0 aromatic carbocycles. The first-order chi connectivity index (χ1) is 8.44. The third kappa shape index (κ3) is 3.70. The van der Waals surface area contributed by atoms with Crippen LogP contribution < -0.4 is 5.73 Å². The Morgan fingerprint density at radius 1 is 1.39 bits per heavy atom. The lowest BCUT2D eigenvalue weighted by molar-refractivity contribution is -0.0316. The van der Waals surface area contributed by atoms with Gasteiger partial charge in [-0.1, -0.05) is 26.8 Å². The van der Waals surface area contributed by atoms with Crippen molar-refractivity contribution in [2.75, 3.05) is 5.73 Å². The lowest BCUT2D eigenvalue weighted by atomic mass is 9.71. The Morgan fingerprint density at radius 3 is 2.78 bits per heavy atom. The molecule has 1 fully saturated rings. The SMILES string of the molecule is CC1CC(OCc2ccc(N)nc2)CC(C)(C)C1. The third-order valence-corrected chi connectivity index (χ3v) is 3.68. The number of anilines is 1. The molecular weight excluding hydrogens is 224 g/mol. The molecule has 0 radical (unpaired) electrons. The van der Waals surface area contributed by atoms with E-state index >= 15 is 0 Å². The summed E-state index contributed by atoms with van der Waals surface area (Å²) in [6.45, 7) is 7.64. The number of hydrogen-bond acceptors (Lipinski definition) is 3. The van der Waals surface area contributed by atoms with E-state index in [9.17, 15) is 0 Å². The zero-order valence-electron chi connectivity index (χ0n) is 11.6. The largest absolute Gasteiger partial charge is 0.384 e. The van der Waals surface area contributed by atoms with E-state index in [1.54, 1.807) is 6.20 Å². The number of hydrogen-bond donors (Lipinski definition) is 1. The minimum atomic E-state index is 0.376. The van der Waals surface area contributed by atoms with Gasteiger partial charge in [0, 0.05) is 6.20 Å². The smallest absolute Gasteiger partial charge is 0.123 e. The van der Waals surface area contributed by atoms with Gasteiger partial charge in [-0.25, -0.2) is 4.98 Å². The molecule has 1 aliphatic rings. The summed E-state index contributed by atoms with van der Waals surface area (Å²) in [5.41, 5.74) is 7.07. The molecule has 0 bridgehead atoms. The molecule has 3 heteroatoms. The topological polar surface area (TPSA) is 48.1 Å². The van der Waals surface area contributed by atoms with Crippen LogP contribution in [0.3, 0.4) is 0 Å². The average molecular weight is 248 g/mol. The second-order valence-electron chi connectivity index (χ2n) is 6.44. The number of aromatic nitrogens is 1. The second-order valence-corrected chi connectivity index (χ2v) is 6.44. The molecule has 100 valence electrons. The Hall–Kier alpha value is -1.09. The van der Waals surface area contributed by atoms with Crippen LogP contribution in [0, 0.1) is 11.3 Å². The van der Waals surface area contributed by atoms with Gasteiger partial charge in [-0.05, 0) is 42.2 Å². The Kier molecular flexibility index (Phi) is 3.91. The van der Waals surface area contributed by atoms with Crippen LogP contribution in [0.2, 0.25) is 0 Å². The number of nitrogens with zero attached hydrogens (tertiary/aromatic N) is 1. The van der Waals surface area contributed by atoms with Gasteiger partial charge >= 0.3 is 0 Å². The zero-order chi connectivity index (χ0) is 13.2. The van der Waals surface area contributed by atoms with Gasteiger partial charge in [-0.15, -0.1) is 0 Å². The van der Waals surface area contributed by atoms with Gasteiger partial charge in [-0.3, -0.25) is 0 Å². The van der Waals surface area contributed by atoms with E-state index in [2.05, 4.69) is 25.8 Å². The molecule has 0 amide bonds. The highest BCUT2D eigenvalue weighted by Gasteiger charge is 2.32. The zero-order valence-corrected chi connectivity index (χ0v) is 11.6. The Morgan fingerprint density at radius 2 is 2.17 bits per heavy atom. The molecule has 2 rings (SSSR count). The normalized spacial score (nSPS) is 27.1. The van der Waals surface area contributed by atoms with E-state index in [1.165, 1.54) is 12.8 Å². The van der Waals surface area contributed by atoms with Gasteiger partial charge in [0.1, 0.15) is 5.82 Å². The van der Waals surface area contributed by atoms with Crippen molar-refractivity contribution >= 4 is 5.82 Å². The summed E-state index contributed by atoms with van der Waals surface area (Å²) in [5.74, 6) is 1.31. The van der Waals surface area contributed by atoms with Crippen molar-refractivity contribution in [1.29, 1.82) is 0 Å². The maximum atomic E-state index is 6.03. The Bertz CT molecular complexity index is 386. The molecule has 0 saturated heterocycles. The number of nitrogens with two attached hydrogens (primary N) is 1. The molecule has 1 aliphatic carbocycles. The fraction of sp³-hybridized carbons (Fsp3) is 0.667. The highest BCUT2D eigenvalue weighted by atomic mass is 16.5. The first-order valence-corrected chi connectivity index (χ1v) is 6.77. The summed E-state index contributed by atoms with van der Waals surface area (Å²) >= 11 is 0. The molecule has 1 aromatic rings. The molecule has 1 aromatic heterocycles. The standard InChI is InChI=1S/C15H24N2O/c1-11-6-13(8-15(2,3)7-11)18-10-12-4-5-14(16)17-9-12/h4-5,9,11,13H,6-8,10H2,1-3H3,(H2,16,17). The van der Waals surface area contributed by atoms with Crippen LogP contribution in [0.25, 0.3) is 0 Å². The van der Waals surface area contributed by atoms with Crippen molar-refractivity contribution < 1.29 is 4.74 Å². The Balaban J connectivity index is 1.88. The van der Waals surface area contributed by atoms with Crippen molar-refractivity contribution in [1.82, 2.24) is 4.98 Å². The van der Waals surface area contributed by atoms with Crippen LogP contribution in [-0.2, 0) is 11.3 Å². The second kappa shape index (κ2) is 5.27. The van der Waals surface area contributed by atoms with Gasteiger partial charge in [0.05, 0.1) is 12.7 Å². The predicted octanol–water partition coefficient (Wildman–Crippen LogP) is 3.40. The van der Waals surface area contributed by atoms with E-state index in [4.69, 9.17) is 10.5 Å². The van der Waals surface area contributed by atoms with Crippen molar-refractivity contribution in [3.63, 3.8) is 0 Å². The fourth-order valence-corrected chi connectivity index (χ4v) is 3.12. The molecular formula is C15H24N2O. The first kappa shape index (κ1) is 13.3. The van der Waals surface area contributed by atoms with Crippen LogP contribution in [-0.4, -0.2) is 11.1 Å². The maximum Gasteiger partial charge on any atom is 0.123 e. The van der Waals surface area contributed by atoms with Crippen molar-refractivity contribution in [2.24, 2.45) is 11.3 Å². The lowest BCUT2D eigenvalue weighted by Gasteiger charge is -2.38. The summed E-state index contributed by atoms with van der Waals surface area (Å²) in [6.07, 6.45) is 5.80. The molecule has 2 atom stereocenters. The number of ether oxygens (including phenoxy) is 1. The van der Waals surface area contributed by atoms with Gasteiger partial charge in [0.15, 0.2) is 0 Å². The van der Waals surface area contributed by atoms with Gasteiger partial charge in [0.25, 0.3) is 0 Å². The van der Waals surface area contributed by atoms with E-state index < -0.39 is 0 Å². The van der Waals surface area contributed by atoms with Crippen molar-refractivity contribution in [3.05, 3.63) is 23.9 Å². The summed E-state index contributed by atoms with van der Waals surface area (Å²) < 4.78 is 6.03. The molecule has 1 heterocycles. The summed E-state index contributed by atoms with van der Waals surface area (Å²) in [7, 11) is 0. The van der Waals surface area contributed by atoms with Crippen LogP contribution in [0.5, 0.6) is 0 Å². The molecule has 2 N–H and O–H groups in total. The summed E-state index contributed by atoms with van der Waals surface area (Å²) in [5, 5.41) is 0. The maximum absolute atomic E-state index is 6.03. The quantitative estimate of drug-likeness (QED) is 0.892. The molecule has 0 spiro atoms. The lowest BCUT2D eigenvalue weighted by Crippen LogP contribution is -2.32. The number of nitrogen functional groups attached to an aromatic ring is 1.